The molecule has 0 amide bonds. The molecule has 0 saturated carbocycles. The number of rotatable bonds is 10. The summed E-state index contributed by atoms with van der Waals surface area (Å²) in [6.45, 7) is 10.9. The second-order valence-electron chi connectivity index (χ2n) is 10.3. The summed E-state index contributed by atoms with van der Waals surface area (Å²) in [6.07, 6.45) is 20.8. The summed E-state index contributed by atoms with van der Waals surface area (Å²) in [4.78, 5) is 7.73. The molecule has 4 nitrogen and oxygen atoms in total. The van der Waals surface area contributed by atoms with Crippen LogP contribution in [0.5, 0.6) is 0 Å². The highest BCUT2D eigenvalue weighted by atomic mass is 15.1. The molecule has 1 N–H and O–H groups in total. The molecule has 1 saturated heterocycles. The lowest BCUT2D eigenvalue weighted by molar-refractivity contribution is 0.198. The van der Waals surface area contributed by atoms with Crippen LogP contribution in [0.1, 0.15) is 103 Å². The van der Waals surface area contributed by atoms with Gasteiger partial charge in [-0.1, -0.05) is 64.7 Å². The van der Waals surface area contributed by atoms with E-state index in [-0.39, 0.29) is 0 Å². The summed E-state index contributed by atoms with van der Waals surface area (Å²) in [5, 5.41) is 3.73. The molecule has 0 aliphatic carbocycles. The van der Waals surface area contributed by atoms with E-state index in [1.54, 1.807) is 0 Å². The molecular formula is C27H58N4. The lowest BCUT2D eigenvalue weighted by Crippen LogP contribution is -2.36. The Kier molecular flexibility index (Phi) is 19.0. The lowest BCUT2D eigenvalue weighted by atomic mass is 10.0. The maximum Gasteiger partial charge on any atom is 0.0104 e. The van der Waals surface area contributed by atoms with Gasteiger partial charge in [0.2, 0.25) is 0 Å². The minimum Gasteiger partial charge on any atom is -0.317 e. The SMILES string of the molecule is CCCCCCCCCCCC1CCNCCCN(C)CCCCN(C)CCCN1C. The Bertz CT molecular complexity index is 376. The number of unbranched alkanes of at least 4 members (excludes halogenated alkanes) is 8. The average Bonchev–Trinajstić information content (AvgIpc) is 2.75. The lowest BCUT2D eigenvalue weighted by Gasteiger charge is -2.29. The maximum atomic E-state index is 3.73. The van der Waals surface area contributed by atoms with Gasteiger partial charge in [0.1, 0.15) is 0 Å². The van der Waals surface area contributed by atoms with Crippen molar-refractivity contribution in [3.63, 3.8) is 0 Å². The van der Waals surface area contributed by atoms with Gasteiger partial charge in [0.05, 0.1) is 0 Å². The van der Waals surface area contributed by atoms with Crippen LogP contribution in [0.25, 0.3) is 0 Å². The Morgan fingerprint density at radius 2 is 1.16 bits per heavy atom. The van der Waals surface area contributed by atoms with Crippen molar-refractivity contribution in [3.05, 3.63) is 0 Å². The van der Waals surface area contributed by atoms with Gasteiger partial charge in [-0.15, -0.1) is 0 Å². The molecule has 0 bridgehead atoms. The predicted molar refractivity (Wildman–Crippen MR) is 139 cm³/mol. The fourth-order valence-corrected chi connectivity index (χ4v) is 4.90. The monoisotopic (exact) mass is 438 g/mol. The minimum atomic E-state index is 0.751. The van der Waals surface area contributed by atoms with Gasteiger partial charge in [-0.2, -0.15) is 0 Å². The van der Waals surface area contributed by atoms with Crippen LogP contribution >= 0.6 is 0 Å². The fraction of sp³-hybridized carbons (Fsp3) is 1.00. The Morgan fingerprint density at radius 1 is 0.613 bits per heavy atom. The third-order valence-corrected chi connectivity index (χ3v) is 7.19. The highest BCUT2D eigenvalue weighted by molar-refractivity contribution is 4.72. The number of hydrogen-bond acceptors (Lipinski definition) is 4. The summed E-state index contributed by atoms with van der Waals surface area (Å²) < 4.78 is 0. The number of nitrogens with zero attached hydrogens (tertiary/aromatic N) is 3. The molecule has 4 heteroatoms. The van der Waals surface area contributed by atoms with Crippen LogP contribution in [0.3, 0.4) is 0 Å². The van der Waals surface area contributed by atoms with Crippen LogP contribution in [0.15, 0.2) is 0 Å². The van der Waals surface area contributed by atoms with Crippen LogP contribution in [-0.2, 0) is 0 Å². The van der Waals surface area contributed by atoms with Crippen molar-refractivity contribution in [3.8, 4) is 0 Å². The highest BCUT2D eigenvalue weighted by Gasteiger charge is 2.14. The minimum absolute atomic E-state index is 0.751. The standard InChI is InChI=1S/C27H58N4/c1-5-6-7-8-9-10-11-12-13-18-27-19-21-28-20-16-24-29(2)22-14-15-23-30(3)25-17-26-31(27)4/h27-28H,5-26H2,1-4H3. The van der Waals surface area contributed by atoms with Crippen molar-refractivity contribution in [2.75, 3.05) is 67.0 Å². The Morgan fingerprint density at radius 3 is 1.81 bits per heavy atom. The molecule has 0 radical (unpaired) electrons. The molecule has 31 heavy (non-hydrogen) atoms. The first-order valence-corrected chi connectivity index (χ1v) is 13.9. The van der Waals surface area contributed by atoms with E-state index in [0.717, 1.165) is 6.04 Å². The third kappa shape index (κ3) is 17.0. The molecule has 0 aromatic rings. The second kappa shape index (κ2) is 20.4. The summed E-state index contributed by atoms with van der Waals surface area (Å²) in [5.41, 5.74) is 0. The largest absolute Gasteiger partial charge is 0.317 e. The van der Waals surface area contributed by atoms with E-state index < -0.39 is 0 Å². The van der Waals surface area contributed by atoms with Crippen LogP contribution in [0.2, 0.25) is 0 Å². The first-order chi connectivity index (χ1) is 15.1. The maximum absolute atomic E-state index is 3.73. The van der Waals surface area contributed by atoms with Gasteiger partial charge in [-0.25, -0.2) is 0 Å². The molecule has 186 valence electrons. The van der Waals surface area contributed by atoms with Crippen molar-refractivity contribution in [1.82, 2.24) is 20.0 Å². The van der Waals surface area contributed by atoms with E-state index >= 15 is 0 Å². The molecular weight excluding hydrogens is 380 g/mol. The van der Waals surface area contributed by atoms with Crippen LogP contribution in [-0.4, -0.2) is 87.7 Å². The first-order valence-electron chi connectivity index (χ1n) is 13.9. The van der Waals surface area contributed by atoms with Gasteiger partial charge in [-0.3, -0.25) is 0 Å². The molecule has 1 fully saturated rings. The van der Waals surface area contributed by atoms with Crippen LogP contribution in [0, 0.1) is 0 Å². The smallest absolute Gasteiger partial charge is 0.0104 e. The van der Waals surface area contributed by atoms with Gasteiger partial charge in [0.25, 0.3) is 0 Å². The van der Waals surface area contributed by atoms with E-state index in [9.17, 15) is 0 Å². The van der Waals surface area contributed by atoms with Crippen LogP contribution < -0.4 is 5.32 Å². The Balaban J connectivity index is 2.32. The zero-order valence-electron chi connectivity index (χ0n) is 22.0. The van der Waals surface area contributed by atoms with Crippen molar-refractivity contribution >= 4 is 0 Å². The fourth-order valence-electron chi connectivity index (χ4n) is 4.90. The third-order valence-electron chi connectivity index (χ3n) is 7.19. The molecule has 0 spiro atoms. The van der Waals surface area contributed by atoms with Crippen molar-refractivity contribution in [1.29, 1.82) is 0 Å². The van der Waals surface area contributed by atoms with Crippen molar-refractivity contribution in [2.24, 2.45) is 0 Å². The molecule has 1 unspecified atom stereocenters. The summed E-state index contributed by atoms with van der Waals surface area (Å²) in [5.74, 6) is 0. The molecule has 0 aromatic heterocycles. The van der Waals surface area contributed by atoms with Gasteiger partial charge in [0.15, 0.2) is 0 Å². The van der Waals surface area contributed by atoms with Gasteiger partial charge < -0.3 is 20.0 Å². The zero-order chi connectivity index (χ0) is 22.6. The van der Waals surface area contributed by atoms with Gasteiger partial charge in [0, 0.05) is 6.04 Å². The van der Waals surface area contributed by atoms with Crippen LogP contribution in [0.4, 0.5) is 0 Å². The van der Waals surface area contributed by atoms with Gasteiger partial charge >= 0.3 is 0 Å². The first kappa shape index (κ1) is 28.9. The predicted octanol–water partition coefficient (Wildman–Crippen LogP) is 5.63. The van der Waals surface area contributed by atoms with E-state index in [4.69, 9.17) is 0 Å². The second-order valence-corrected chi connectivity index (χ2v) is 10.3. The summed E-state index contributed by atoms with van der Waals surface area (Å²) in [7, 11) is 6.97. The summed E-state index contributed by atoms with van der Waals surface area (Å²) >= 11 is 0. The van der Waals surface area contributed by atoms with E-state index in [1.807, 2.05) is 0 Å². The molecule has 1 rings (SSSR count). The zero-order valence-corrected chi connectivity index (χ0v) is 22.0. The highest BCUT2D eigenvalue weighted by Crippen LogP contribution is 2.15. The summed E-state index contributed by atoms with van der Waals surface area (Å²) in [6, 6.07) is 0.751. The van der Waals surface area contributed by atoms with E-state index in [1.165, 1.54) is 142 Å². The quantitative estimate of drug-likeness (QED) is 0.446. The number of nitrogens with one attached hydrogen (secondary N) is 1. The number of hydrogen-bond donors (Lipinski definition) is 1. The average molecular weight is 439 g/mol. The molecule has 1 heterocycles. The Hall–Kier alpha value is -0.160. The van der Waals surface area contributed by atoms with Crippen molar-refractivity contribution < 1.29 is 0 Å². The topological polar surface area (TPSA) is 21.8 Å². The van der Waals surface area contributed by atoms with Crippen molar-refractivity contribution in [2.45, 2.75) is 109 Å². The molecule has 0 aromatic carbocycles. The normalized spacial score (nSPS) is 23.0. The van der Waals surface area contributed by atoms with Gasteiger partial charge in [-0.05, 0) is 105 Å². The molecule has 1 aliphatic rings. The van der Waals surface area contributed by atoms with E-state index in [0.29, 0.717) is 0 Å². The molecule has 1 atom stereocenters. The van der Waals surface area contributed by atoms with E-state index in [2.05, 4.69) is 48.1 Å². The Labute approximate surface area is 196 Å². The molecule has 1 aliphatic heterocycles.